The molecule has 2 aromatic rings. The number of carbonyl (C=O) groups is 2. The van der Waals surface area contributed by atoms with Gasteiger partial charge in [0.2, 0.25) is 0 Å². The van der Waals surface area contributed by atoms with Crippen molar-refractivity contribution < 1.29 is 23.8 Å². The maximum Gasteiger partial charge on any atom is 0.347 e. The molecule has 1 unspecified atom stereocenters. The predicted molar refractivity (Wildman–Crippen MR) is 111 cm³/mol. The Morgan fingerprint density at radius 3 is 2.59 bits per heavy atom. The Hall–Kier alpha value is -2.50. The van der Waals surface area contributed by atoms with Gasteiger partial charge in [-0.2, -0.15) is 0 Å². The van der Waals surface area contributed by atoms with Crippen LogP contribution < -0.4 is 4.74 Å². The SMILES string of the molecule is COC(=O)CCC(Oc1cccc2c1cc(C)n2CC1CCCCC1)C(=O)OC. The van der Waals surface area contributed by atoms with Crippen molar-refractivity contribution in [2.45, 2.75) is 64.5 Å². The Morgan fingerprint density at radius 2 is 1.90 bits per heavy atom. The van der Waals surface area contributed by atoms with Crippen LogP contribution in [-0.4, -0.2) is 36.8 Å². The van der Waals surface area contributed by atoms with Gasteiger partial charge in [0, 0.05) is 30.5 Å². The van der Waals surface area contributed by atoms with Crippen molar-refractivity contribution in [1.29, 1.82) is 0 Å². The summed E-state index contributed by atoms with van der Waals surface area (Å²) < 4.78 is 17.9. The minimum atomic E-state index is -0.855. The molecule has 1 aliphatic carbocycles. The lowest BCUT2D eigenvalue weighted by atomic mass is 9.89. The van der Waals surface area contributed by atoms with E-state index in [1.165, 1.54) is 52.0 Å². The van der Waals surface area contributed by atoms with Crippen LogP contribution in [0.5, 0.6) is 5.75 Å². The highest BCUT2D eigenvalue weighted by atomic mass is 16.6. The number of ether oxygens (including phenoxy) is 3. The summed E-state index contributed by atoms with van der Waals surface area (Å²) >= 11 is 0. The monoisotopic (exact) mass is 401 g/mol. The molecule has 1 aromatic carbocycles. The minimum absolute atomic E-state index is 0.0912. The van der Waals surface area contributed by atoms with Crippen LogP contribution in [0.2, 0.25) is 0 Å². The van der Waals surface area contributed by atoms with Crippen molar-refractivity contribution >= 4 is 22.8 Å². The number of nitrogens with zero attached hydrogens (tertiary/aromatic N) is 1. The first-order valence-electron chi connectivity index (χ1n) is 10.4. The average Bonchev–Trinajstić information content (AvgIpc) is 3.07. The van der Waals surface area contributed by atoms with Gasteiger partial charge in [-0.3, -0.25) is 4.79 Å². The lowest BCUT2D eigenvalue weighted by Gasteiger charge is -2.23. The summed E-state index contributed by atoms with van der Waals surface area (Å²) in [7, 11) is 2.65. The standard InChI is InChI=1S/C23H31NO5/c1-16-14-18-19(24(16)15-17-8-5-4-6-9-17)10-7-11-20(18)29-21(23(26)28-3)12-13-22(25)27-2/h7,10-11,14,17,21H,4-6,8-9,12-13,15H2,1-3H3. The van der Waals surface area contributed by atoms with Crippen LogP contribution in [0.4, 0.5) is 0 Å². The maximum absolute atomic E-state index is 12.2. The second kappa shape index (κ2) is 9.81. The molecule has 29 heavy (non-hydrogen) atoms. The molecule has 0 saturated heterocycles. The number of aromatic nitrogens is 1. The molecule has 1 aliphatic rings. The van der Waals surface area contributed by atoms with Crippen molar-refractivity contribution in [1.82, 2.24) is 4.57 Å². The second-order valence-corrected chi connectivity index (χ2v) is 7.83. The third kappa shape index (κ3) is 5.11. The van der Waals surface area contributed by atoms with E-state index in [0.717, 1.165) is 17.4 Å². The summed E-state index contributed by atoms with van der Waals surface area (Å²) in [5, 5.41) is 0.979. The highest BCUT2D eigenvalue weighted by Gasteiger charge is 2.24. The van der Waals surface area contributed by atoms with Crippen molar-refractivity contribution in [2.24, 2.45) is 5.92 Å². The third-order valence-corrected chi connectivity index (χ3v) is 5.85. The normalized spacial score (nSPS) is 15.8. The van der Waals surface area contributed by atoms with Crippen molar-refractivity contribution in [2.75, 3.05) is 14.2 Å². The average molecular weight is 402 g/mol. The van der Waals surface area contributed by atoms with Crippen LogP contribution in [0.15, 0.2) is 24.3 Å². The summed E-state index contributed by atoms with van der Waals surface area (Å²) in [5.74, 6) is 0.471. The van der Waals surface area contributed by atoms with E-state index in [9.17, 15) is 9.59 Å². The number of methoxy groups -OCH3 is 2. The number of hydrogen-bond acceptors (Lipinski definition) is 5. The van der Waals surface area contributed by atoms with E-state index < -0.39 is 12.1 Å². The molecule has 158 valence electrons. The molecule has 1 atom stereocenters. The first-order valence-corrected chi connectivity index (χ1v) is 10.4. The molecule has 3 rings (SSSR count). The van der Waals surface area contributed by atoms with Gasteiger partial charge in [-0.15, -0.1) is 0 Å². The van der Waals surface area contributed by atoms with Crippen LogP contribution in [0.25, 0.3) is 10.9 Å². The van der Waals surface area contributed by atoms with E-state index in [4.69, 9.17) is 9.47 Å². The van der Waals surface area contributed by atoms with Crippen LogP contribution >= 0.6 is 0 Å². The highest BCUT2D eigenvalue weighted by Crippen LogP contribution is 2.33. The largest absolute Gasteiger partial charge is 0.478 e. The van der Waals surface area contributed by atoms with E-state index in [1.807, 2.05) is 12.1 Å². The fourth-order valence-electron chi connectivity index (χ4n) is 4.22. The van der Waals surface area contributed by atoms with Crippen LogP contribution in [-0.2, 0) is 25.6 Å². The first kappa shape index (κ1) is 21.2. The molecule has 0 amide bonds. The molecule has 0 N–H and O–H groups in total. The number of aryl methyl sites for hydroxylation is 1. The van der Waals surface area contributed by atoms with Gasteiger partial charge in [-0.1, -0.05) is 25.3 Å². The van der Waals surface area contributed by atoms with Gasteiger partial charge in [-0.05, 0) is 43.9 Å². The molecule has 0 radical (unpaired) electrons. The molecule has 0 aliphatic heterocycles. The van der Waals surface area contributed by atoms with Crippen molar-refractivity contribution in [3.63, 3.8) is 0 Å². The van der Waals surface area contributed by atoms with E-state index in [-0.39, 0.29) is 18.8 Å². The Labute approximate surface area is 172 Å². The maximum atomic E-state index is 12.2. The van der Waals surface area contributed by atoms with Gasteiger partial charge in [0.1, 0.15) is 5.75 Å². The topological polar surface area (TPSA) is 66.8 Å². The fraction of sp³-hybridized carbons (Fsp3) is 0.565. The molecule has 0 spiro atoms. The van der Waals surface area contributed by atoms with E-state index in [1.54, 1.807) is 0 Å². The van der Waals surface area contributed by atoms with E-state index >= 15 is 0 Å². The molecular formula is C23H31NO5. The Kier molecular flexibility index (Phi) is 7.18. The number of benzene rings is 1. The van der Waals surface area contributed by atoms with E-state index in [2.05, 4.69) is 28.4 Å². The zero-order chi connectivity index (χ0) is 20.8. The number of esters is 2. The number of hydrogen-bond donors (Lipinski definition) is 0. The molecule has 1 saturated carbocycles. The highest BCUT2D eigenvalue weighted by molar-refractivity contribution is 5.88. The summed E-state index contributed by atoms with van der Waals surface area (Å²) in [6, 6.07) is 8.02. The lowest BCUT2D eigenvalue weighted by Crippen LogP contribution is -2.29. The molecule has 6 nitrogen and oxygen atoms in total. The van der Waals surface area contributed by atoms with Gasteiger partial charge in [0.15, 0.2) is 6.10 Å². The Morgan fingerprint density at radius 1 is 1.14 bits per heavy atom. The van der Waals surface area contributed by atoms with Crippen LogP contribution in [0.3, 0.4) is 0 Å². The molecule has 0 bridgehead atoms. The lowest BCUT2D eigenvalue weighted by molar-refractivity contribution is -0.150. The Balaban J connectivity index is 1.83. The van der Waals surface area contributed by atoms with E-state index in [0.29, 0.717) is 11.7 Å². The molecular weight excluding hydrogens is 370 g/mol. The van der Waals surface area contributed by atoms with Gasteiger partial charge in [0.25, 0.3) is 0 Å². The number of rotatable bonds is 8. The van der Waals surface area contributed by atoms with Crippen molar-refractivity contribution in [3.8, 4) is 5.75 Å². The summed E-state index contributed by atoms with van der Waals surface area (Å²) in [5.41, 5.74) is 2.30. The fourth-order valence-corrected chi connectivity index (χ4v) is 4.22. The summed E-state index contributed by atoms with van der Waals surface area (Å²) in [6.45, 7) is 3.13. The predicted octanol–water partition coefficient (Wildman–Crippen LogP) is 4.40. The minimum Gasteiger partial charge on any atom is -0.478 e. The van der Waals surface area contributed by atoms with Gasteiger partial charge >= 0.3 is 11.9 Å². The summed E-state index contributed by atoms with van der Waals surface area (Å²) in [6.07, 6.45) is 6.00. The number of fused-ring (bicyclic) bond motifs is 1. The zero-order valence-corrected chi connectivity index (χ0v) is 17.6. The molecule has 1 heterocycles. The van der Waals surface area contributed by atoms with Crippen LogP contribution in [0.1, 0.15) is 50.6 Å². The second-order valence-electron chi connectivity index (χ2n) is 7.83. The molecule has 6 heteroatoms. The summed E-state index contributed by atoms with van der Waals surface area (Å²) in [4.78, 5) is 23.7. The van der Waals surface area contributed by atoms with Crippen LogP contribution in [0, 0.1) is 12.8 Å². The molecule has 1 fully saturated rings. The quantitative estimate of drug-likeness (QED) is 0.613. The van der Waals surface area contributed by atoms with Crippen molar-refractivity contribution in [3.05, 3.63) is 30.0 Å². The first-order chi connectivity index (χ1) is 14.0. The number of carbonyl (C=O) groups excluding carboxylic acids is 2. The molecule has 1 aromatic heterocycles. The Bertz CT molecular complexity index is 850. The zero-order valence-electron chi connectivity index (χ0n) is 17.6. The third-order valence-electron chi connectivity index (χ3n) is 5.85. The van der Waals surface area contributed by atoms with Gasteiger partial charge in [0.05, 0.1) is 19.7 Å². The van der Waals surface area contributed by atoms with Gasteiger partial charge in [-0.25, -0.2) is 4.79 Å². The smallest absolute Gasteiger partial charge is 0.347 e. The van der Waals surface area contributed by atoms with Gasteiger partial charge < -0.3 is 18.8 Å².